The standard InChI is InChI=1S/C22H25N5O/c1-16-5-3-6-18(11-16)21-24-12-17(13-25-21)14-27-9-4-7-19(15-27)20(28)22-23-8-10-26(22)2/h3,5-6,8,10-13,19H,4,7,9,14-15H2,1-2H3. The monoisotopic (exact) mass is 375 g/mol. The molecule has 0 saturated carbocycles. The minimum Gasteiger partial charge on any atom is -0.332 e. The number of likely N-dealkylation sites (tertiary alicyclic amines) is 1. The molecule has 3 aromatic rings. The lowest BCUT2D eigenvalue weighted by Gasteiger charge is -2.31. The highest BCUT2D eigenvalue weighted by Gasteiger charge is 2.28. The highest BCUT2D eigenvalue weighted by Crippen LogP contribution is 2.22. The number of aryl methyl sites for hydroxylation is 2. The molecule has 0 radical (unpaired) electrons. The van der Waals surface area contributed by atoms with Gasteiger partial charge >= 0.3 is 0 Å². The first-order valence-corrected chi connectivity index (χ1v) is 9.72. The van der Waals surface area contributed by atoms with Gasteiger partial charge in [0.1, 0.15) is 0 Å². The summed E-state index contributed by atoms with van der Waals surface area (Å²) in [7, 11) is 1.87. The number of hydrogen-bond acceptors (Lipinski definition) is 5. The van der Waals surface area contributed by atoms with Crippen molar-refractivity contribution in [3.8, 4) is 11.4 Å². The van der Waals surface area contributed by atoms with E-state index in [4.69, 9.17) is 0 Å². The lowest BCUT2D eigenvalue weighted by atomic mass is 9.93. The molecule has 0 bridgehead atoms. The Kier molecular flexibility index (Phi) is 5.30. The molecule has 1 aromatic carbocycles. The van der Waals surface area contributed by atoms with Crippen molar-refractivity contribution >= 4 is 5.78 Å². The van der Waals surface area contributed by atoms with Gasteiger partial charge in [-0.1, -0.05) is 23.8 Å². The predicted octanol–water partition coefficient (Wildman–Crippen LogP) is 3.28. The van der Waals surface area contributed by atoms with Crippen LogP contribution in [0.1, 0.15) is 34.6 Å². The Hall–Kier alpha value is -2.86. The minimum atomic E-state index is 0.00216. The summed E-state index contributed by atoms with van der Waals surface area (Å²) in [6, 6.07) is 8.21. The van der Waals surface area contributed by atoms with Crippen molar-refractivity contribution in [2.75, 3.05) is 13.1 Å². The predicted molar refractivity (Wildman–Crippen MR) is 108 cm³/mol. The molecule has 0 spiro atoms. The average molecular weight is 375 g/mol. The first kappa shape index (κ1) is 18.5. The maximum Gasteiger partial charge on any atom is 0.202 e. The van der Waals surface area contributed by atoms with Gasteiger partial charge in [0.15, 0.2) is 11.6 Å². The van der Waals surface area contributed by atoms with Gasteiger partial charge in [0.05, 0.1) is 0 Å². The number of Topliss-reactive ketones (excluding diaryl/α,β-unsaturated/α-hetero) is 1. The summed E-state index contributed by atoms with van der Waals surface area (Å²) in [5, 5.41) is 0. The van der Waals surface area contributed by atoms with E-state index >= 15 is 0 Å². The van der Waals surface area contributed by atoms with E-state index in [1.165, 1.54) is 5.56 Å². The molecule has 1 aliphatic heterocycles. The van der Waals surface area contributed by atoms with E-state index < -0.39 is 0 Å². The fraction of sp³-hybridized carbons (Fsp3) is 0.364. The highest BCUT2D eigenvalue weighted by atomic mass is 16.1. The zero-order chi connectivity index (χ0) is 19.5. The number of rotatable bonds is 5. The summed E-state index contributed by atoms with van der Waals surface area (Å²) in [5.74, 6) is 1.44. The second-order valence-electron chi connectivity index (χ2n) is 7.58. The number of imidazole rings is 1. The van der Waals surface area contributed by atoms with Crippen molar-refractivity contribution in [2.45, 2.75) is 26.3 Å². The van der Waals surface area contributed by atoms with Gasteiger partial charge < -0.3 is 4.57 Å². The van der Waals surface area contributed by atoms with Gasteiger partial charge in [0, 0.05) is 62.0 Å². The molecule has 28 heavy (non-hydrogen) atoms. The van der Waals surface area contributed by atoms with E-state index in [0.717, 1.165) is 49.4 Å². The Morgan fingerprint density at radius 2 is 2.04 bits per heavy atom. The van der Waals surface area contributed by atoms with Crippen LogP contribution in [0.15, 0.2) is 49.1 Å². The molecule has 0 N–H and O–H groups in total. The second kappa shape index (κ2) is 8.02. The minimum absolute atomic E-state index is 0.00216. The number of ketones is 1. The molecule has 1 unspecified atom stereocenters. The summed E-state index contributed by atoms with van der Waals surface area (Å²) >= 11 is 0. The molecule has 2 aromatic heterocycles. The van der Waals surface area contributed by atoms with Crippen molar-refractivity contribution in [3.63, 3.8) is 0 Å². The van der Waals surface area contributed by atoms with Crippen LogP contribution in [-0.2, 0) is 13.6 Å². The molecule has 3 heterocycles. The third kappa shape index (κ3) is 4.02. The SMILES string of the molecule is Cc1cccc(-c2ncc(CN3CCCC(C(=O)c4nccn4C)C3)cn2)c1. The van der Waals surface area contributed by atoms with Crippen LogP contribution in [0.3, 0.4) is 0 Å². The smallest absolute Gasteiger partial charge is 0.202 e. The van der Waals surface area contributed by atoms with Gasteiger partial charge in [-0.3, -0.25) is 9.69 Å². The maximum absolute atomic E-state index is 12.8. The second-order valence-corrected chi connectivity index (χ2v) is 7.58. The molecule has 6 heteroatoms. The van der Waals surface area contributed by atoms with Crippen molar-refractivity contribution in [2.24, 2.45) is 13.0 Å². The van der Waals surface area contributed by atoms with E-state index in [9.17, 15) is 4.79 Å². The molecule has 144 valence electrons. The summed E-state index contributed by atoms with van der Waals surface area (Å²) in [5.41, 5.74) is 3.30. The number of aromatic nitrogens is 4. The van der Waals surface area contributed by atoms with Crippen LogP contribution in [0.2, 0.25) is 0 Å². The van der Waals surface area contributed by atoms with Crippen molar-refractivity contribution < 1.29 is 4.79 Å². The van der Waals surface area contributed by atoms with E-state index in [-0.39, 0.29) is 11.7 Å². The summed E-state index contributed by atoms with van der Waals surface area (Å²) in [4.78, 5) is 28.4. The highest BCUT2D eigenvalue weighted by molar-refractivity contribution is 5.94. The summed E-state index contributed by atoms with van der Waals surface area (Å²) < 4.78 is 1.80. The van der Waals surface area contributed by atoms with Gasteiger partial charge in [-0.05, 0) is 32.4 Å². The maximum atomic E-state index is 12.8. The Bertz CT molecular complexity index is 963. The van der Waals surface area contributed by atoms with Crippen molar-refractivity contribution in [1.82, 2.24) is 24.4 Å². The van der Waals surface area contributed by atoms with Crippen LogP contribution in [0.4, 0.5) is 0 Å². The first-order valence-electron chi connectivity index (χ1n) is 9.72. The largest absolute Gasteiger partial charge is 0.332 e. The van der Waals surface area contributed by atoms with Gasteiger partial charge in [0.25, 0.3) is 0 Å². The molecule has 1 saturated heterocycles. The molecule has 4 rings (SSSR count). The van der Waals surface area contributed by atoms with Crippen molar-refractivity contribution in [3.05, 3.63) is 66.0 Å². The van der Waals surface area contributed by atoms with E-state index in [2.05, 4.69) is 38.9 Å². The molecular formula is C22H25N5O. The van der Waals surface area contributed by atoms with Gasteiger partial charge in [-0.15, -0.1) is 0 Å². The first-order chi connectivity index (χ1) is 13.6. The Morgan fingerprint density at radius 3 is 2.75 bits per heavy atom. The van der Waals surface area contributed by atoms with Crippen LogP contribution in [0.25, 0.3) is 11.4 Å². The Labute approximate surface area is 165 Å². The van der Waals surface area contributed by atoms with Gasteiger partial charge in [-0.2, -0.15) is 0 Å². The number of nitrogens with zero attached hydrogens (tertiary/aromatic N) is 5. The number of hydrogen-bond donors (Lipinski definition) is 0. The molecular weight excluding hydrogens is 350 g/mol. The fourth-order valence-corrected chi connectivity index (χ4v) is 3.83. The fourth-order valence-electron chi connectivity index (χ4n) is 3.83. The Morgan fingerprint density at radius 1 is 1.21 bits per heavy atom. The zero-order valence-electron chi connectivity index (χ0n) is 16.4. The van der Waals surface area contributed by atoms with Crippen molar-refractivity contribution in [1.29, 1.82) is 0 Å². The molecule has 0 amide bonds. The quantitative estimate of drug-likeness (QED) is 0.641. The zero-order valence-corrected chi connectivity index (χ0v) is 16.4. The summed E-state index contributed by atoms with van der Waals surface area (Å²) in [6.07, 6.45) is 9.24. The molecule has 6 nitrogen and oxygen atoms in total. The van der Waals surface area contributed by atoms with Crippen LogP contribution in [-0.4, -0.2) is 43.3 Å². The van der Waals surface area contributed by atoms with Crippen LogP contribution in [0.5, 0.6) is 0 Å². The number of carbonyl (C=O) groups is 1. The normalized spacial score (nSPS) is 17.6. The average Bonchev–Trinajstić information content (AvgIpc) is 3.14. The lowest BCUT2D eigenvalue weighted by Crippen LogP contribution is -2.38. The van der Waals surface area contributed by atoms with Crippen LogP contribution >= 0.6 is 0 Å². The summed E-state index contributed by atoms with van der Waals surface area (Å²) in [6.45, 7) is 4.57. The van der Waals surface area contributed by atoms with Gasteiger partial charge in [0.2, 0.25) is 5.78 Å². The molecule has 1 aliphatic rings. The molecule has 0 aliphatic carbocycles. The van der Waals surface area contributed by atoms with E-state index in [1.807, 2.05) is 37.8 Å². The lowest BCUT2D eigenvalue weighted by molar-refractivity contribution is 0.0797. The van der Waals surface area contributed by atoms with Crippen LogP contribution in [0, 0.1) is 12.8 Å². The molecule has 1 atom stereocenters. The number of piperidine rings is 1. The number of carbonyl (C=O) groups excluding carboxylic acids is 1. The number of benzene rings is 1. The van der Waals surface area contributed by atoms with Crippen LogP contribution < -0.4 is 0 Å². The van der Waals surface area contributed by atoms with E-state index in [1.54, 1.807) is 10.8 Å². The Balaban J connectivity index is 1.41. The van der Waals surface area contributed by atoms with E-state index in [0.29, 0.717) is 5.82 Å². The topological polar surface area (TPSA) is 63.9 Å². The van der Waals surface area contributed by atoms with Gasteiger partial charge in [-0.25, -0.2) is 15.0 Å². The third-order valence-corrected chi connectivity index (χ3v) is 5.31. The molecule has 1 fully saturated rings. The third-order valence-electron chi connectivity index (χ3n) is 5.31.